The highest BCUT2D eigenvalue weighted by atomic mass is 32.2. The molecule has 0 aromatic heterocycles. The van der Waals surface area contributed by atoms with Crippen molar-refractivity contribution in [2.24, 2.45) is 0 Å². The normalized spacial score (nSPS) is 11.0. The third kappa shape index (κ3) is 9.81. The quantitative estimate of drug-likeness (QED) is 0.118. The van der Waals surface area contributed by atoms with Gasteiger partial charge in [0.2, 0.25) is 0 Å². The Bertz CT molecular complexity index is 726. The van der Waals surface area contributed by atoms with Crippen LogP contribution in [0.2, 0.25) is 0 Å². The maximum Gasteiger partial charge on any atom is 0.488 e. The lowest BCUT2D eigenvalue weighted by molar-refractivity contribution is -0.140. The van der Waals surface area contributed by atoms with Crippen LogP contribution in [0.25, 0.3) is 5.53 Å². The average molecular weight is 409 g/mol. The molecule has 0 aliphatic heterocycles. The van der Waals surface area contributed by atoms with Crippen LogP contribution in [-0.4, -0.2) is 30.0 Å². The van der Waals surface area contributed by atoms with E-state index in [1.807, 2.05) is 6.07 Å². The van der Waals surface area contributed by atoms with Crippen molar-refractivity contribution in [2.75, 3.05) is 5.75 Å². The molecule has 0 unspecified atom stereocenters. The maximum atomic E-state index is 12.3. The van der Waals surface area contributed by atoms with E-state index in [0.717, 1.165) is 24.8 Å². The zero-order chi connectivity index (χ0) is 20.7. The molecule has 0 aliphatic rings. The summed E-state index contributed by atoms with van der Waals surface area (Å²) >= 11 is 0. The molecule has 0 atom stereocenters. The van der Waals surface area contributed by atoms with Gasteiger partial charge in [0.1, 0.15) is 6.61 Å². The van der Waals surface area contributed by atoms with Gasteiger partial charge in [0.05, 0.1) is 5.75 Å². The summed E-state index contributed by atoms with van der Waals surface area (Å²) in [4.78, 5) is 14.7. The predicted molar refractivity (Wildman–Crippen MR) is 110 cm³/mol. The summed E-state index contributed by atoms with van der Waals surface area (Å²) in [5, 5.41) is -0.917. The fraction of sp³-hybridized carbons (Fsp3) is 0.619. The molecule has 0 N–H and O–H groups in total. The number of carbonyl (C=O) groups is 1. The lowest BCUT2D eigenvalue weighted by Gasteiger charge is -2.04. The summed E-state index contributed by atoms with van der Waals surface area (Å²) in [5.74, 6) is -1.35. The molecule has 0 fully saturated rings. The minimum absolute atomic E-state index is 0.0769. The lowest BCUT2D eigenvalue weighted by atomic mass is 10.1. The van der Waals surface area contributed by atoms with Gasteiger partial charge in [-0.15, -0.1) is 4.79 Å². The average Bonchev–Trinajstić information content (AvgIpc) is 2.69. The molecule has 7 heteroatoms. The minimum atomic E-state index is -3.96. The van der Waals surface area contributed by atoms with Crippen LogP contribution in [0.5, 0.6) is 0 Å². The van der Waals surface area contributed by atoms with E-state index in [2.05, 4.69) is 11.7 Å². The van der Waals surface area contributed by atoms with Crippen LogP contribution in [0.4, 0.5) is 0 Å². The van der Waals surface area contributed by atoms with Crippen molar-refractivity contribution in [1.82, 2.24) is 0 Å². The van der Waals surface area contributed by atoms with Crippen LogP contribution in [0.1, 0.15) is 76.7 Å². The highest BCUT2D eigenvalue weighted by molar-refractivity contribution is 8.07. The zero-order valence-corrected chi connectivity index (χ0v) is 17.6. The molecule has 0 spiro atoms. The Morgan fingerprint density at radius 3 is 2.00 bits per heavy atom. The van der Waals surface area contributed by atoms with Crippen LogP contribution in [0.3, 0.4) is 0 Å². The number of nitrogens with zero attached hydrogens (tertiary/aromatic N) is 2. The highest BCUT2D eigenvalue weighted by Crippen LogP contribution is 2.11. The number of ether oxygens (including phenoxy) is 1. The van der Waals surface area contributed by atoms with Crippen LogP contribution in [-0.2, 0) is 26.0 Å². The molecule has 0 amide bonds. The number of carbonyl (C=O) groups excluding carboxylic acids is 1. The van der Waals surface area contributed by atoms with E-state index in [-0.39, 0.29) is 12.4 Å². The standard InChI is InChI=1S/C21H32N2O4S/c1-2-3-4-5-6-7-8-9-10-14-17-28(25,26)20(23-22)21(24)27-18-19-15-12-11-13-16-19/h11-13,15-16H,2-10,14,17-18H2,1H3. The molecule has 28 heavy (non-hydrogen) atoms. The Morgan fingerprint density at radius 1 is 0.929 bits per heavy atom. The number of hydrogen-bond donors (Lipinski definition) is 0. The summed E-state index contributed by atoms with van der Waals surface area (Å²) in [7, 11) is -3.96. The van der Waals surface area contributed by atoms with Crippen molar-refractivity contribution in [3.63, 3.8) is 0 Å². The second-order valence-electron chi connectivity index (χ2n) is 6.97. The fourth-order valence-corrected chi connectivity index (χ4v) is 4.11. The van der Waals surface area contributed by atoms with E-state index in [0.29, 0.717) is 6.42 Å². The summed E-state index contributed by atoms with van der Waals surface area (Å²) < 4.78 is 29.5. The van der Waals surface area contributed by atoms with Crippen molar-refractivity contribution >= 4 is 20.9 Å². The highest BCUT2D eigenvalue weighted by Gasteiger charge is 2.37. The first-order valence-corrected chi connectivity index (χ1v) is 11.8. The van der Waals surface area contributed by atoms with Gasteiger partial charge in [-0.05, 0) is 12.0 Å². The summed E-state index contributed by atoms with van der Waals surface area (Å²) in [6, 6.07) is 8.89. The summed E-state index contributed by atoms with van der Waals surface area (Å²) in [5.41, 5.74) is 9.72. The molecule has 0 aliphatic carbocycles. The van der Waals surface area contributed by atoms with Gasteiger partial charge in [0, 0.05) is 0 Å². The van der Waals surface area contributed by atoms with Gasteiger partial charge in [0.25, 0.3) is 9.84 Å². The Hall–Kier alpha value is -1.98. The lowest BCUT2D eigenvalue weighted by Crippen LogP contribution is -2.29. The Balaban J connectivity index is 2.29. The zero-order valence-electron chi connectivity index (χ0n) is 16.8. The summed E-state index contributed by atoms with van der Waals surface area (Å²) in [6.45, 7) is 2.12. The topological polar surface area (TPSA) is 96.8 Å². The van der Waals surface area contributed by atoms with Gasteiger partial charge in [-0.2, -0.15) is 0 Å². The van der Waals surface area contributed by atoms with Gasteiger partial charge >= 0.3 is 11.0 Å². The monoisotopic (exact) mass is 408 g/mol. The first-order valence-electron chi connectivity index (χ1n) is 10.2. The minimum Gasteiger partial charge on any atom is -0.451 e. The van der Waals surface area contributed by atoms with Crippen LogP contribution >= 0.6 is 0 Å². The number of unbranched alkanes of at least 4 members (excludes halogenated alkanes) is 9. The summed E-state index contributed by atoms with van der Waals surface area (Å²) in [6.07, 6.45) is 10.8. The molecule has 6 nitrogen and oxygen atoms in total. The molecule has 0 saturated carbocycles. The van der Waals surface area contributed by atoms with Crippen molar-refractivity contribution in [3.8, 4) is 0 Å². The smallest absolute Gasteiger partial charge is 0.451 e. The maximum absolute atomic E-state index is 12.3. The number of sulfone groups is 1. The molecule has 1 aromatic carbocycles. The number of hydrogen-bond acceptors (Lipinski definition) is 4. The van der Waals surface area contributed by atoms with Gasteiger partial charge in [-0.3, -0.25) is 0 Å². The number of benzene rings is 1. The first kappa shape index (κ1) is 24.1. The molecular formula is C21H32N2O4S. The van der Waals surface area contributed by atoms with Crippen molar-refractivity contribution in [1.29, 1.82) is 0 Å². The van der Waals surface area contributed by atoms with E-state index < -0.39 is 20.9 Å². The SMILES string of the molecule is CCCCCCCCCCCCS(=O)(=O)C(=[N+]=[N-])C(=O)OCc1ccccc1. The number of rotatable bonds is 13. The van der Waals surface area contributed by atoms with Crippen LogP contribution in [0.15, 0.2) is 30.3 Å². The predicted octanol–water partition coefficient (Wildman–Crippen LogP) is 4.69. The molecule has 0 saturated heterocycles. The number of esters is 1. The molecule has 1 rings (SSSR count). The molecule has 156 valence electrons. The van der Waals surface area contributed by atoms with Gasteiger partial charge < -0.3 is 10.3 Å². The van der Waals surface area contributed by atoms with Crippen molar-refractivity contribution < 1.29 is 22.7 Å². The largest absolute Gasteiger partial charge is 0.488 e. The molecule has 0 bridgehead atoms. The Labute approximate surface area is 168 Å². The Morgan fingerprint density at radius 2 is 1.46 bits per heavy atom. The molecule has 0 heterocycles. The van der Waals surface area contributed by atoms with E-state index in [1.165, 1.54) is 38.5 Å². The third-order valence-electron chi connectivity index (χ3n) is 4.54. The third-order valence-corrected chi connectivity index (χ3v) is 6.20. The van der Waals surface area contributed by atoms with Gasteiger partial charge in [0.15, 0.2) is 0 Å². The van der Waals surface area contributed by atoms with E-state index in [4.69, 9.17) is 10.3 Å². The second-order valence-corrected chi connectivity index (χ2v) is 8.99. The second kappa shape index (κ2) is 14.1. The molecular weight excluding hydrogens is 376 g/mol. The van der Waals surface area contributed by atoms with E-state index in [9.17, 15) is 13.2 Å². The van der Waals surface area contributed by atoms with Crippen molar-refractivity contribution in [3.05, 3.63) is 41.4 Å². The van der Waals surface area contributed by atoms with Gasteiger partial charge in [-0.1, -0.05) is 95.0 Å². The first-order chi connectivity index (χ1) is 13.5. The molecule has 0 radical (unpaired) electrons. The van der Waals surface area contributed by atoms with E-state index >= 15 is 0 Å². The Kier molecular flexibility index (Phi) is 12.1. The fourth-order valence-electron chi connectivity index (χ4n) is 2.89. The van der Waals surface area contributed by atoms with Crippen LogP contribution in [0, 0.1) is 0 Å². The van der Waals surface area contributed by atoms with Crippen molar-refractivity contribution in [2.45, 2.75) is 77.7 Å². The van der Waals surface area contributed by atoms with Crippen LogP contribution < -0.4 is 0 Å². The molecule has 1 aromatic rings. The van der Waals surface area contributed by atoms with E-state index in [1.54, 1.807) is 24.3 Å². The van der Waals surface area contributed by atoms with Gasteiger partial charge in [-0.25, -0.2) is 13.2 Å².